The van der Waals surface area contributed by atoms with E-state index in [-0.39, 0.29) is 30.1 Å². The van der Waals surface area contributed by atoms with Crippen molar-refractivity contribution in [1.29, 1.82) is 0 Å². The van der Waals surface area contributed by atoms with Crippen LogP contribution < -0.4 is 15.8 Å². The Morgan fingerprint density at radius 3 is 2.92 bits per heavy atom. The maximum Gasteiger partial charge on any atom is 0.188 e. The molecule has 25 heavy (non-hydrogen) atoms. The Morgan fingerprint density at radius 1 is 1.44 bits per heavy atom. The molecule has 0 aromatic heterocycles. The van der Waals surface area contributed by atoms with E-state index in [4.69, 9.17) is 10.5 Å². The van der Waals surface area contributed by atoms with E-state index in [1.54, 1.807) is 0 Å². The minimum absolute atomic E-state index is 0. The van der Waals surface area contributed by atoms with Crippen LogP contribution in [-0.2, 0) is 0 Å². The number of rotatable bonds is 8. The average Bonchev–Trinajstić information content (AvgIpc) is 3.04. The van der Waals surface area contributed by atoms with Crippen LogP contribution in [0.5, 0.6) is 5.75 Å². The van der Waals surface area contributed by atoms with Crippen molar-refractivity contribution in [3.63, 3.8) is 0 Å². The van der Waals surface area contributed by atoms with Gasteiger partial charge in [0, 0.05) is 12.6 Å². The van der Waals surface area contributed by atoms with Crippen LogP contribution in [0.15, 0.2) is 29.3 Å². The molecule has 2 atom stereocenters. The molecule has 1 saturated heterocycles. The normalized spacial score (nSPS) is 19.3. The Balaban J connectivity index is 0.00000312. The standard InChI is InChI=1S/C19H32N4O.HI/c1-4-17(24-18-10-6-8-15(3)12-18)14-22-19(20)21-13-16-9-7-11-23(16)5-2;/h6,8,10,12,16-17H,4-5,7,9,11,13-14H2,1-3H3,(H3,20,21,22);1H. The van der Waals surface area contributed by atoms with Crippen LogP contribution in [0.1, 0.15) is 38.7 Å². The molecular formula is C19H33IN4O. The van der Waals surface area contributed by atoms with Crippen molar-refractivity contribution in [2.24, 2.45) is 10.7 Å². The lowest BCUT2D eigenvalue weighted by atomic mass is 10.2. The van der Waals surface area contributed by atoms with Crippen molar-refractivity contribution in [3.05, 3.63) is 29.8 Å². The fourth-order valence-electron chi connectivity index (χ4n) is 3.15. The fraction of sp³-hybridized carbons (Fsp3) is 0.632. The first-order valence-corrected chi connectivity index (χ1v) is 9.13. The molecule has 1 heterocycles. The molecule has 1 aromatic carbocycles. The first-order chi connectivity index (χ1) is 11.6. The van der Waals surface area contributed by atoms with Gasteiger partial charge in [0.05, 0.1) is 6.54 Å². The van der Waals surface area contributed by atoms with Gasteiger partial charge in [-0.2, -0.15) is 0 Å². The highest BCUT2D eigenvalue weighted by atomic mass is 127. The zero-order chi connectivity index (χ0) is 17.4. The van der Waals surface area contributed by atoms with Gasteiger partial charge in [-0.3, -0.25) is 4.90 Å². The molecule has 2 unspecified atom stereocenters. The van der Waals surface area contributed by atoms with Crippen LogP contribution in [0.3, 0.4) is 0 Å². The van der Waals surface area contributed by atoms with E-state index in [1.165, 1.54) is 24.9 Å². The predicted octanol–water partition coefficient (Wildman–Crippen LogP) is 3.16. The van der Waals surface area contributed by atoms with Crippen LogP contribution >= 0.6 is 24.0 Å². The summed E-state index contributed by atoms with van der Waals surface area (Å²) in [5, 5.41) is 3.27. The number of aryl methyl sites for hydroxylation is 1. The highest BCUT2D eigenvalue weighted by Gasteiger charge is 2.22. The molecule has 5 nitrogen and oxygen atoms in total. The van der Waals surface area contributed by atoms with Gasteiger partial charge in [-0.1, -0.05) is 26.0 Å². The van der Waals surface area contributed by atoms with E-state index < -0.39 is 0 Å². The Hall–Kier alpha value is -1.02. The quantitative estimate of drug-likeness (QED) is 0.356. The number of likely N-dealkylation sites (N-methyl/N-ethyl adjacent to an activating group) is 1. The highest BCUT2D eigenvalue weighted by molar-refractivity contribution is 14.0. The fourth-order valence-corrected chi connectivity index (χ4v) is 3.15. The number of benzene rings is 1. The molecule has 1 aromatic rings. The molecule has 1 aliphatic heterocycles. The topological polar surface area (TPSA) is 62.9 Å². The lowest BCUT2D eigenvalue weighted by molar-refractivity contribution is 0.205. The summed E-state index contributed by atoms with van der Waals surface area (Å²) in [5.41, 5.74) is 7.22. The van der Waals surface area contributed by atoms with Gasteiger partial charge in [0.1, 0.15) is 11.9 Å². The highest BCUT2D eigenvalue weighted by Crippen LogP contribution is 2.16. The zero-order valence-corrected chi connectivity index (χ0v) is 18.0. The first-order valence-electron chi connectivity index (χ1n) is 9.13. The Bertz CT molecular complexity index is 538. The summed E-state index contributed by atoms with van der Waals surface area (Å²) in [5.74, 6) is 1.41. The molecule has 142 valence electrons. The zero-order valence-electron chi connectivity index (χ0n) is 15.7. The molecule has 0 radical (unpaired) electrons. The second-order valence-corrected chi connectivity index (χ2v) is 6.50. The van der Waals surface area contributed by atoms with Gasteiger partial charge in [0.25, 0.3) is 0 Å². The second-order valence-electron chi connectivity index (χ2n) is 6.50. The number of ether oxygens (including phenoxy) is 1. The molecule has 0 aliphatic carbocycles. The molecule has 0 saturated carbocycles. The van der Waals surface area contributed by atoms with Gasteiger partial charge in [-0.05, 0) is 57.0 Å². The maximum atomic E-state index is 6.02. The third-order valence-corrected chi connectivity index (χ3v) is 4.64. The van der Waals surface area contributed by atoms with Crippen molar-refractivity contribution in [2.75, 3.05) is 26.2 Å². The van der Waals surface area contributed by atoms with E-state index >= 15 is 0 Å². The number of likely N-dealkylation sites (tertiary alicyclic amines) is 1. The number of nitrogens with two attached hydrogens (primary N) is 1. The van der Waals surface area contributed by atoms with Gasteiger partial charge >= 0.3 is 0 Å². The number of hydrogen-bond acceptors (Lipinski definition) is 3. The molecule has 0 spiro atoms. The van der Waals surface area contributed by atoms with Crippen molar-refractivity contribution < 1.29 is 4.74 Å². The maximum absolute atomic E-state index is 6.02. The summed E-state index contributed by atoms with van der Waals surface area (Å²) < 4.78 is 6.01. The molecule has 0 amide bonds. The van der Waals surface area contributed by atoms with Crippen molar-refractivity contribution in [3.8, 4) is 5.75 Å². The van der Waals surface area contributed by atoms with Gasteiger partial charge in [0.15, 0.2) is 5.96 Å². The first kappa shape index (κ1) is 22.0. The Kier molecular flexibility index (Phi) is 10.2. The minimum Gasteiger partial charge on any atom is -0.489 e. The lowest BCUT2D eigenvalue weighted by Gasteiger charge is -2.23. The lowest BCUT2D eigenvalue weighted by Crippen LogP contribution is -2.43. The summed E-state index contributed by atoms with van der Waals surface area (Å²) in [4.78, 5) is 6.96. The monoisotopic (exact) mass is 460 g/mol. The molecule has 3 N–H and O–H groups in total. The van der Waals surface area contributed by atoms with Crippen molar-refractivity contribution in [2.45, 2.75) is 52.2 Å². The third kappa shape index (κ3) is 7.40. The molecular weight excluding hydrogens is 427 g/mol. The van der Waals surface area contributed by atoms with Crippen molar-refractivity contribution in [1.82, 2.24) is 10.2 Å². The number of halogens is 1. The van der Waals surface area contributed by atoms with E-state index in [2.05, 4.69) is 42.0 Å². The van der Waals surface area contributed by atoms with E-state index in [1.807, 2.05) is 18.2 Å². The summed E-state index contributed by atoms with van der Waals surface area (Å²) >= 11 is 0. The van der Waals surface area contributed by atoms with Crippen LogP contribution in [0.25, 0.3) is 0 Å². The summed E-state index contributed by atoms with van der Waals surface area (Å²) in [6.45, 7) is 10.1. The van der Waals surface area contributed by atoms with E-state index in [0.717, 1.165) is 25.3 Å². The summed E-state index contributed by atoms with van der Waals surface area (Å²) in [6, 6.07) is 8.69. The molecule has 1 fully saturated rings. The number of nitrogens with zero attached hydrogens (tertiary/aromatic N) is 2. The van der Waals surface area contributed by atoms with Crippen LogP contribution in [0.4, 0.5) is 0 Å². The SMILES string of the molecule is CCC(CN=C(N)NCC1CCCN1CC)Oc1cccc(C)c1.I. The third-order valence-electron chi connectivity index (χ3n) is 4.64. The number of hydrogen-bond donors (Lipinski definition) is 2. The van der Waals surface area contributed by atoms with Crippen LogP contribution in [-0.4, -0.2) is 49.2 Å². The molecule has 2 rings (SSSR count). The summed E-state index contributed by atoms with van der Waals surface area (Å²) in [7, 11) is 0. The van der Waals surface area contributed by atoms with E-state index in [0.29, 0.717) is 18.5 Å². The molecule has 1 aliphatic rings. The van der Waals surface area contributed by atoms with Crippen molar-refractivity contribution >= 4 is 29.9 Å². The smallest absolute Gasteiger partial charge is 0.188 e. The molecule has 0 bridgehead atoms. The number of nitrogens with one attached hydrogen (secondary N) is 1. The van der Waals surface area contributed by atoms with Gasteiger partial charge in [-0.15, -0.1) is 24.0 Å². The van der Waals surface area contributed by atoms with Gasteiger partial charge in [0.2, 0.25) is 0 Å². The average molecular weight is 460 g/mol. The summed E-state index contributed by atoms with van der Waals surface area (Å²) in [6.07, 6.45) is 3.46. The molecule has 6 heteroatoms. The van der Waals surface area contributed by atoms with Gasteiger partial charge < -0.3 is 15.8 Å². The van der Waals surface area contributed by atoms with E-state index in [9.17, 15) is 0 Å². The number of aliphatic imine (C=N–C) groups is 1. The van der Waals surface area contributed by atoms with Crippen LogP contribution in [0, 0.1) is 6.92 Å². The largest absolute Gasteiger partial charge is 0.489 e. The predicted molar refractivity (Wildman–Crippen MR) is 116 cm³/mol. The Labute approximate surface area is 169 Å². The minimum atomic E-state index is 0. The van der Waals surface area contributed by atoms with Crippen LogP contribution in [0.2, 0.25) is 0 Å². The number of guanidine groups is 1. The second kappa shape index (κ2) is 11.6. The van der Waals surface area contributed by atoms with Gasteiger partial charge in [-0.25, -0.2) is 4.99 Å². The Morgan fingerprint density at radius 2 is 2.24 bits per heavy atom.